The summed E-state index contributed by atoms with van der Waals surface area (Å²) in [6, 6.07) is 9.60. The number of rotatable bonds is 5. The average molecular weight is 415 g/mol. The molecule has 0 spiro atoms. The Labute approximate surface area is 166 Å². The van der Waals surface area contributed by atoms with E-state index in [0.29, 0.717) is 10.8 Å². The van der Waals surface area contributed by atoms with Gasteiger partial charge in [0.15, 0.2) is 5.11 Å². The first-order chi connectivity index (χ1) is 12.8. The van der Waals surface area contributed by atoms with Gasteiger partial charge in [-0.3, -0.25) is 0 Å². The Kier molecular flexibility index (Phi) is 6.39. The second-order valence-electron chi connectivity index (χ2n) is 6.82. The van der Waals surface area contributed by atoms with Crippen molar-refractivity contribution in [3.8, 4) is 0 Å². The predicted molar refractivity (Wildman–Crippen MR) is 107 cm³/mol. The lowest BCUT2D eigenvalue weighted by Gasteiger charge is -2.30. The van der Waals surface area contributed by atoms with Gasteiger partial charge in [-0.25, -0.2) is 0 Å². The minimum Gasteiger partial charge on any atom is -0.354 e. The van der Waals surface area contributed by atoms with Crippen LogP contribution in [0.3, 0.4) is 0 Å². The van der Waals surface area contributed by atoms with Crippen LogP contribution >= 0.6 is 23.6 Å². The van der Waals surface area contributed by atoms with Crippen LogP contribution in [0.4, 0.5) is 18.9 Å². The summed E-state index contributed by atoms with van der Waals surface area (Å²) >= 11 is 7.10. The number of hydrogen-bond acceptors (Lipinski definition) is 2. The smallest absolute Gasteiger partial charge is 0.354 e. The average Bonchev–Trinajstić information content (AvgIpc) is 3.29. The zero-order valence-electron chi connectivity index (χ0n) is 15.0. The lowest BCUT2D eigenvalue weighted by molar-refractivity contribution is -0.920. The maximum absolute atomic E-state index is 12.9. The van der Waals surface area contributed by atoms with Crippen molar-refractivity contribution in [2.75, 3.05) is 18.4 Å². The van der Waals surface area contributed by atoms with Crippen molar-refractivity contribution in [2.45, 2.75) is 38.0 Å². The second-order valence-corrected chi connectivity index (χ2v) is 8.21. The molecule has 0 bridgehead atoms. The number of thiophene rings is 1. The molecule has 1 aromatic heterocycles. The molecule has 1 aliphatic heterocycles. The summed E-state index contributed by atoms with van der Waals surface area (Å²) in [7, 11) is 0. The minimum absolute atomic E-state index is 0.0579. The van der Waals surface area contributed by atoms with Crippen molar-refractivity contribution in [2.24, 2.45) is 0 Å². The summed E-state index contributed by atoms with van der Waals surface area (Å²) in [5.74, 6) is 0. The van der Waals surface area contributed by atoms with E-state index >= 15 is 0 Å². The molecule has 3 rings (SSSR count). The molecular formula is C19H23F3N3S2+. The quantitative estimate of drug-likeness (QED) is 0.649. The normalized spacial score (nSPS) is 17.5. The summed E-state index contributed by atoms with van der Waals surface area (Å²) in [5.41, 5.74) is -0.364. The van der Waals surface area contributed by atoms with E-state index in [1.807, 2.05) is 0 Å². The minimum atomic E-state index is -4.37. The summed E-state index contributed by atoms with van der Waals surface area (Å²) in [4.78, 5) is 2.83. The van der Waals surface area contributed by atoms with Crippen LogP contribution in [0, 0.1) is 0 Å². The van der Waals surface area contributed by atoms with Gasteiger partial charge in [-0.2, -0.15) is 13.2 Å². The molecule has 1 aliphatic rings. The van der Waals surface area contributed by atoms with Gasteiger partial charge < -0.3 is 15.5 Å². The second kappa shape index (κ2) is 8.58. The van der Waals surface area contributed by atoms with Crippen molar-refractivity contribution in [1.29, 1.82) is 0 Å². The van der Waals surface area contributed by atoms with Crippen molar-refractivity contribution >= 4 is 34.4 Å². The third kappa shape index (κ3) is 5.21. The molecular weight excluding hydrogens is 391 g/mol. The summed E-state index contributed by atoms with van der Waals surface area (Å²) in [5, 5.41) is 8.58. The van der Waals surface area contributed by atoms with Crippen molar-refractivity contribution in [1.82, 2.24) is 5.32 Å². The Morgan fingerprint density at radius 2 is 1.93 bits per heavy atom. The van der Waals surface area contributed by atoms with Crippen LogP contribution in [0.1, 0.15) is 36.2 Å². The van der Waals surface area contributed by atoms with E-state index < -0.39 is 11.7 Å². The van der Waals surface area contributed by atoms with Crippen molar-refractivity contribution < 1.29 is 18.1 Å². The molecule has 0 saturated carbocycles. The molecule has 0 unspecified atom stereocenters. The molecule has 0 aliphatic carbocycles. The Morgan fingerprint density at radius 3 is 2.56 bits per heavy atom. The van der Waals surface area contributed by atoms with Crippen LogP contribution in [0.2, 0.25) is 0 Å². The molecule has 0 amide bonds. The Hall–Kier alpha value is -1.64. The first kappa shape index (κ1) is 20.1. The van der Waals surface area contributed by atoms with Crippen LogP contribution in [0.15, 0.2) is 41.8 Å². The SMILES string of the molecule is C[C@H](NC(=S)Nc1cccc(C(F)(F)F)c1)[C@@H](c1cccs1)[NH+]1CCCC1. The maximum atomic E-state index is 12.9. The molecule has 27 heavy (non-hydrogen) atoms. The van der Waals surface area contributed by atoms with Crippen molar-refractivity contribution in [3.63, 3.8) is 0 Å². The predicted octanol–water partition coefficient (Wildman–Crippen LogP) is 3.86. The third-order valence-corrected chi connectivity index (χ3v) is 6.02. The van der Waals surface area contributed by atoms with Gasteiger partial charge in [0.05, 0.1) is 29.6 Å². The Morgan fingerprint density at radius 1 is 1.19 bits per heavy atom. The number of benzene rings is 1. The molecule has 2 atom stereocenters. The lowest BCUT2D eigenvalue weighted by Crippen LogP contribution is -3.11. The third-order valence-electron chi connectivity index (χ3n) is 4.84. The zero-order valence-corrected chi connectivity index (χ0v) is 16.6. The van der Waals surface area contributed by atoms with Gasteiger partial charge in [0, 0.05) is 18.5 Å². The number of halogens is 3. The molecule has 1 fully saturated rings. The zero-order chi connectivity index (χ0) is 19.4. The lowest BCUT2D eigenvalue weighted by atomic mass is 10.1. The van der Waals surface area contributed by atoms with Crippen molar-refractivity contribution in [3.05, 3.63) is 52.2 Å². The molecule has 2 heterocycles. The van der Waals surface area contributed by atoms with Crippen LogP contribution in [-0.2, 0) is 6.18 Å². The van der Waals surface area contributed by atoms with Gasteiger partial charge in [-0.05, 0) is 48.8 Å². The number of alkyl halides is 3. The molecule has 0 radical (unpaired) electrons. The first-order valence-corrected chi connectivity index (χ1v) is 10.3. The highest BCUT2D eigenvalue weighted by Gasteiger charge is 2.33. The topological polar surface area (TPSA) is 28.5 Å². The summed E-state index contributed by atoms with van der Waals surface area (Å²) in [6.45, 7) is 4.33. The highest BCUT2D eigenvalue weighted by atomic mass is 32.1. The summed E-state index contributed by atoms with van der Waals surface area (Å²) < 4.78 is 38.6. The van der Waals surface area contributed by atoms with E-state index in [1.165, 1.54) is 28.7 Å². The fraction of sp³-hybridized carbons (Fsp3) is 0.421. The first-order valence-electron chi connectivity index (χ1n) is 8.97. The number of nitrogens with one attached hydrogen (secondary N) is 3. The van der Waals surface area contributed by atoms with Crippen LogP contribution in [0.25, 0.3) is 0 Å². The fourth-order valence-electron chi connectivity index (χ4n) is 3.64. The van der Waals surface area contributed by atoms with E-state index in [9.17, 15) is 13.2 Å². The molecule has 1 aromatic carbocycles. The molecule has 1 saturated heterocycles. The molecule has 146 valence electrons. The highest BCUT2D eigenvalue weighted by molar-refractivity contribution is 7.80. The maximum Gasteiger partial charge on any atom is 0.416 e. The van der Waals surface area contributed by atoms with Crippen LogP contribution in [-0.4, -0.2) is 24.2 Å². The number of anilines is 1. The number of quaternary nitrogens is 1. The van der Waals surface area contributed by atoms with Crippen LogP contribution < -0.4 is 15.5 Å². The Bertz CT molecular complexity index is 756. The molecule has 3 nitrogen and oxygen atoms in total. The van der Waals surface area contributed by atoms with Gasteiger partial charge >= 0.3 is 6.18 Å². The number of likely N-dealkylation sites (tertiary alicyclic amines) is 1. The van der Waals surface area contributed by atoms with E-state index in [2.05, 4.69) is 35.1 Å². The molecule has 3 N–H and O–H groups in total. The van der Waals surface area contributed by atoms with E-state index in [0.717, 1.165) is 25.2 Å². The Balaban J connectivity index is 1.67. The summed E-state index contributed by atoms with van der Waals surface area (Å²) in [6.07, 6.45) is -1.93. The highest BCUT2D eigenvalue weighted by Crippen LogP contribution is 2.30. The van der Waals surface area contributed by atoms with Gasteiger partial charge in [0.2, 0.25) is 0 Å². The van der Waals surface area contributed by atoms with E-state index in [1.54, 1.807) is 17.4 Å². The van der Waals surface area contributed by atoms with E-state index in [-0.39, 0.29) is 12.1 Å². The monoisotopic (exact) mass is 414 g/mol. The largest absolute Gasteiger partial charge is 0.416 e. The van der Waals surface area contributed by atoms with Crippen LogP contribution in [0.5, 0.6) is 0 Å². The van der Waals surface area contributed by atoms with E-state index in [4.69, 9.17) is 12.2 Å². The van der Waals surface area contributed by atoms with Gasteiger partial charge in [0.1, 0.15) is 6.04 Å². The standard InChI is InChI=1S/C19H22F3N3S2/c1-13(17(16-8-5-11-27-16)25-9-2-3-10-25)23-18(26)24-15-7-4-6-14(12-15)19(20,21)22/h4-8,11-13,17H,2-3,9-10H2,1H3,(H2,23,24,26)/p+1/t13-,17-/m0/s1. The van der Waals surface area contributed by atoms with Gasteiger partial charge in [-0.15, -0.1) is 11.3 Å². The molecule has 2 aromatic rings. The van der Waals surface area contributed by atoms with Gasteiger partial charge in [0.25, 0.3) is 0 Å². The number of thiocarbonyl (C=S) groups is 1. The fourth-order valence-corrected chi connectivity index (χ4v) is 4.93. The number of hydrogen-bond donors (Lipinski definition) is 3. The molecule has 8 heteroatoms. The van der Waals surface area contributed by atoms with Gasteiger partial charge in [-0.1, -0.05) is 12.1 Å².